The van der Waals surface area contributed by atoms with Gasteiger partial charge in [0.25, 0.3) is 0 Å². The molecule has 7 heteroatoms. The van der Waals surface area contributed by atoms with Gasteiger partial charge in [0.05, 0.1) is 12.7 Å². The smallest absolute Gasteiger partial charge is 0.338 e. The van der Waals surface area contributed by atoms with Crippen LogP contribution in [0.25, 0.3) is 0 Å². The van der Waals surface area contributed by atoms with E-state index >= 15 is 0 Å². The summed E-state index contributed by atoms with van der Waals surface area (Å²) in [5.74, 6) is -1.99. The van der Waals surface area contributed by atoms with Gasteiger partial charge in [-0.1, -0.05) is 12.1 Å². The van der Waals surface area contributed by atoms with E-state index < -0.39 is 24.2 Å². The van der Waals surface area contributed by atoms with Crippen LogP contribution in [-0.4, -0.2) is 31.4 Å². The monoisotopic (exact) mass is 359 g/mol. The highest BCUT2D eigenvalue weighted by molar-refractivity contribution is 5.99. The maximum absolute atomic E-state index is 13.6. The van der Waals surface area contributed by atoms with Gasteiger partial charge >= 0.3 is 5.97 Å². The molecule has 0 unspecified atom stereocenters. The van der Waals surface area contributed by atoms with Gasteiger partial charge in [-0.25, -0.2) is 9.18 Å². The summed E-state index contributed by atoms with van der Waals surface area (Å²) in [7, 11) is 1.32. The third-order valence-corrected chi connectivity index (χ3v) is 3.54. The van der Waals surface area contributed by atoms with E-state index in [1.807, 2.05) is 0 Å². The maximum atomic E-state index is 13.6. The zero-order chi connectivity index (χ0) is 19.1. The van der Waals surface area contributed by atoms with Crippen molar-refractivity contribution in [3.05, 3.63) is 65.0 Å². The maximum Gasteiger partial charge on any atom is 0.338 e. The van der Waals surface area contributed by atoms with Crippen LogP contribution in [0.5, 0.6) is 5.75 Å². The van der Waals surface area contributed by atoms with Gasteiger partial charge < -0.3 is 14.8 Å². The van der Waals surface area contributed by atoms with E-state index in [9.17, 15) is 18.8 Å². The van der Waals surface area contributed by atoms with Crippen molar-refractivity contribution in [2.45, 2.75) is 13.5 Å². The van der Waals surface area contributed by atoms with E-state index in [0.29, 0.717) is 6.54 Å². The number of halogens is 1. The average molecular weight is 359 g/mol. The molecule has 0 bridgehead atoms. The molecule has 0 fully saturated rings. The van der Waals surface area contributed by atoms with Gasteiger partial charge in [-0.2, -0.15) is 0 Å². The zero-order valence-electron chi connectivity index (χ0n) is 14.4. The van der Waals surface area contributed by atoms with Gasteiger partial charge in [0.1, 0.15) is 0 Å². The summed E-state index contributed by atoms with van der Waals surface area (Å²) in [6.45, 7) is 1.27. The predicted molar refractivity (Wildman–Crippen MR) is 91.5 cm³/mol. The molecule has 0 saturated carbocycles. The van der Waals surface area contributed by atoms with E-state index in [-0.39, 0.29) is 22.8 Å². The Morgan fingerprint density at radius 3 is 2.27 bits per heavy atom. The van der Waals surface area contributed by atoms with E-state index in [1.165, 1.54) is 38.3 Å². The van der Waals surface area contributed by atoms with Crippen molar-refractivity contribution in [3.8, 4) is 5.75 Å². The molecular weight excluding hydrogens is 341 g/mol. The number of benzene rings is 2. The fourth-order valence-corrected chi connectivity index (χ4v) is 2.12. The average Bonchev–Trinajstić information content (AvgIpc) is 2.64. The summed E-state index contributed by atoms with van der Waals surface area (Å²) in [5.41, 5.74) is 1.17. The fraction of sp³-hybridized carbons (Fsp3) is 0.211. The summed E-state index contributed by atoms with van der Waals surface area (Å²) < 4.78 is 23.4. The third kappa shape index (κ3) is 5.14. The summed E-state index contributed by atoms with van der Waals surface area (Å²) >= 11 is 0. The van der Waals surface area contributed by atoms with E-state index in [0.717, 1.165) is 11.6 Å². The van der Waals surface area contributed by atoms with Crippen molar-refractivity contribution in [3.63, 3.8) is 0 Å². The van der Waals surface area contributed by atoms with Gasteiger partial charge in [0.2, 0.25) is 5.91 Å². The van der Waals surface area contributed by atoms with Gasteiger partial charge in [0, 0.05) is 19.0 Å². The molecule has 1 amide bonds. The van der Waals surface area contributed by atoms with Crippen LogP contribution in [0.15, 0.2) is 42.5 Å². The lowest BCUT2D eigenvalue weighted by Crippen LogP contribution is -2.19. The molecule has 0 saturated heterocycles. The van der Waals surface area contributed by atoms with Crippen molar-refractivity contribution >= 4 is 17.7 Å². The minimum Gasteiger partial charge on any atom is -0.494 e. The molecule has 0 heterocycles. The standard InChI is InChI=1S/C19H18FNO5/c1-12(22)21-10-13-3-5-14(6-4-13)19(24)26-11-17(23)15-7-8-18(25-2)16(20)9-15/h3-9H,10-11H2,1-2H3,(H,21,22). The number of methoxy groups -OCH3 is 1. The molecule has 0 atom stereocenters. The van der Waals surface area contributed by atoms with Crippen LogP contribution < -0.4 is 10.1 Å². The number of nitrogens with one attached hydrogen (secondary N) is 1. The van der Waals surface area contributed by atoms with Crippen LogP contribution in [0.1, 0.15) is 33.2 Å². The number of ether oxygens (including phenoxy) is 2. The molecular formula is C19H18FNO5. The predicted octanol–water partition coefficient (Wildman–Crippen LogP) is 2.51. The number of rotatable bonds is 7. The van der Waals surface area contributed by atoms with Crippen molar-refractivity contribution in [1.82, 2.24) is 5.32 Å². The van der Waals surface area contributed by atoms with Crippen LogP contribution >= 0.6 is 0 Å². The Kier molecular flexibility index (Phi) is 6.43. The quantitative estimate of drug-likeness (QED) is 0.607. The second kappa shape index (κ2) is 8.75. The number of carbonyl (C=O) groups is 3. The number of hydrogen-bond acceptors (Lipinski definition) is 5. The summed E-state index contributed by atoms with van der Waals surface area (Å²) in [6, 6.07) is 10.2. The Balaban J connectivity index is 1.92. The number of hydrogen-bond donors (Lipinski definition) is 1. The van der Waals surface area contributed by atoms with Crippen LogP contribution in [0, 0.1) is 5.82 Å². The highest BCUT2D eigenvalue weighted by Crippen LogP contribution is 2.18. The number of esters is 1. The SMILES string of the molecule is COc1ccc(C(=O)COC(=O)c2ccc(CNC(C)=O)cc2)cc1F. The Morgan fingerprint density at radius 2 is 1.69 bits per heavy atom. The number of ketones is 1. The minimum atomic E-state index is -0.668. The molecule has 6 nitrogen and oxygen atoms in total. The van der Waals surface area contributed by atoms with E-state index in [4.69, 9.17) is 9.47 Å². The molecule has 136 valence electrons. The van der Waals surface area contributed by atoms with Gasteiger partial charge in [0.15, 0.2) is 24.0 Å². The second-order valence-electron chi connectivity index (χ2n) is 5.46. The first-order valence-corrected chi connectivity index (χ1v) is 7.78. The molecule has 2 aromatic carbocycles. The fourth-order valence-electron chi connectivity index (χ4n) is 2.12. The summed E-state index contributed by atoms with van der Waals surface area (Å²) in [5, 5.41) is 2.64. The highest BCUT2D eigenvalue weighted by atomic mass is 19.1. The summed E-state index contributed by atoms with van der Waals surface area (Å²) in [6.07, 6.45) is 0. The number of Topliss-reactive ketones (excluding diaryl/α,β-unsaturated/α-hetero) is 1. The molecule has 0 aliphatic heterocycles. The first-order valence-electron chi connectivity index (χ1n) is 7.78. The van der Waals surface area contributed by atoms with E-state index in [1.54, 1.807) is 12.1 Å². The number of carbonyl (C=O) groups excluding carboxylic acids is 3. The Labute approximate surface area is 149 Å². The van der Waals surface area contributed by atoms with Gasteiger partial charge in [-0.15, -0.1) is 0 Å². The molecule has 1 N–H and O–H groups in total. The molecule has 0 radical (unpaired) electrons. The lowest BCUT2D eigenvalue weighted by Gasteiger charge is -2.07. The first-order chi connectivity index (χ1) is 12.4. The normalized spacial score (nSPS) is 10.1. The van der Waals surface area contributed by atoms with Crippen molar-refractivity contribution < 1.29 is 28.2 Å². The highest BCUT2D eigenvalue weighted by Gasteiger charge is 2.14. The minimum absolute atomic E-state index is 0.0258. The molecule has 2 aromatic rings. The number of amides is 1. The Morgan fingerprint density at radius 1 is 1.04 bits per heavy atom. The topological polar surface area (TPSA) is 81.7 Å². The molecule has 0 aliphatic rings. The molecule has 26 heavy (non-hydrogen) atoms. The lowest BCUT2D eigenvalue weighted by molar-refractivity contribution is -0.119. The van der Waals surface area contributed by atoms with Crippen LogP contribution in [0.2, 0.25) is 0 Å². The third-order valence-electron chi connectivity index (χ3n) is 3.54. The van der Waals surface area contributed by atoms with Gasteiger partial charge in [-0.3, -0.25) is 9.59 Å². The molecule has 0 aromatic heterocycles. The molecule has 0 spiro atoms. The van der Waals surface area contributed by atoms with Crippen molar-refractivity contribution in [2.75, 3.05) is 13.7 Å². The first kappa shape index (κ1) is 19.1. The van der Waals surface area contributed by atoms with Gasteiger partial charge in [-0.05, 0) is 35.9 Å². The molecule has 0 aliphatic carbocycles. The largest absolute Gasteiger partial charge is 0.494 e. The van der Waals surface area contributed by atoms with Crippen LogP contribution in [0.3, 0.4) is 0 Å². The Bertz CT molecular complexity index is 817. The Hall–Kier alpha value is -3.22. The van der Waals surface area contributed by atoms with Crippen LogP contribution in [-0.2, 0) is 16.1 Å². The molecule has 2 rings (SSSR count). The van der Waals surface area contributed by atoms with E-state index in [2.05, 4.69) is 5.32 Å². The van der Waals surface area contributed by atoms with Crippen molar-refractivity contribution in [2.24, 2.45) is 0 Å². The van der Waals surface area contributed by atoms with Crippen LogP contribution in [0.4, 0.5) is 4.39 Å². The lowest BCUT2D eigenvalue weighted by atomic mass is 10.1. The zero-order valence-corrected chi connectivity index (χ0v) is 14.4. The summed E-state index contributed by atoms with van der Waals surface area (Å²) in [4.78, 5) is 34.9. The second-order valence-corrected chi connectivity index (χ2v) is 5.46. The van der Waals surface area contributed by atoms with Crippen molar-refractivity contribution in [1.29, 1.82) is 0 Å².